The zero-order valence-electron chi connectivity index (χ0n) is 21.4. The number of aliphatic hydroxyl groups is 1. The zero-order valence-corrected chi connectivity index (χ0v) is 22.2. The van der Waals surface area contributed by atoms with E-state index in [9.17, 15) is 24.3 Å². The molecule has 9 heteroatoms. The molecule has 0 saturated heterocycles. The predicted molar refractivity (Wildman–Crippen MR) is 134 cm³/mol. The van der Waals surface area contributed by atoms with Gasteiger partial charge < -0.3 is 14.7 Å². The Bertz CT molecular complexity index is 1120. The summed E-state index contributed by atoms with van der Waals surface area (Å²) in [6, 6.07) is 0. The standard InChI is InChI=1S/C27H34FNO6S/c1-7-21(32)35-27(22(33)36-23(34)29(5)6)15(2)12-19-18-9-8-16-13-17(30)10-11-24(16,3)26(18,28)20(31)14-25(19,27)4/h10-11,13,18-20,31H,2,7-9,12,14H2,1,3-6H3/t18-,19-,20-,24-,25-,26-,27-/m0/s1. The Kier molecular flexibility index (Phi) is 6.44. The molecule has 0 radical (unpaired) electrons. The van der Waals surface area contributed by atoms with Crippen molar-refractivity contribution in [1.82, 2.24) is 4.90 Å². The van der Waals surface area contributed by atoms with Crippen LogP contribution in [-0.2, 0) is 19.1 Å². The number of hydrogen-bond acceptors (Lipinski definition) is 7. The summed E-state index contributed by atoms with van der Waals surface area (Å²) in [7, 11) is 3.03. The lowest BCUT2D eigenvalue weighted by molar-refractivity contribution is -0.220. The summed E-state index contributed by atoms with van der Waals surface area (Å²) in [4.78, 5) is 52.3. The molecule has 1 N–H and O–H groups in total. The largest absolute Gasteiger partial charge is 0.445 e. The maximum absolute atomic E-state index is 17.3. The Labute approximate surface area is 215 Å². The quantitative estimate of drug-likeness (QED) is 0.441. The normalized spacial score (nSPS) is 41.1. The van der Waals surface area contributed by atoms with Gasteiger partial charge in [-0.05, 0) is 56.3 Å². The minimum absolute atomic E-state index is 0.000565. The number of carbonyl (C=O) groups excluding carboxylic acids is 4. The average molecular weight is 520 g/mol. The van der Waals surface area contributed by atoms with Crippen LogP contribution in [0.25, 0.3) is 0 Å². The van der Waals surface area contributed by atoms with E-state index < -0.39 is 56.4 Å². The lowest BCUT2D eigenvalue weighted by Gasteiger charge is -2.62. The van der Waals surface area contributed by atoms with Crippen molar-refractivity contribution in [1.29, 1.82) is 0 Å². The van der Waals surface area contributed by atoms with Crippen LogP contribution >= 0.6 is 11.8 Å². The van der Waals surface area contributed by atoms with Crippen molar-refractivity contribution >= 4 is 33.9 Å². The number of thioether (sulfide) groups is 1. The van der Waals surface area contributed by atoms with Crippen LogP contribution in [0.2, 0.25) is 0 Å². The minimum Gasteiger partial charge on any atom is -0.445 e. The monoisotopic (exact) mass is 519 g/mol. The van der Waals surface area contributed by atoms with E-state index in [2.05, 4.69) is 6.58 Å². The number of carbonyl (C=O) groups is 4. The maximum atomic E-state index is 17.3. The number of allylic oxidation sites excluding steroid dienone is 4. The number of hydrogen-bond donors (Lipinski definition) is 1. The number of aliphatic hydroxyl groups excluding tert-OH is 1. The van der Waals surface area contributed by atoms with Crippen LogP contribution in [0.5, 0.6) is 0 Å². The third-order valence-electron chi connectivity index (χ3n) is 9.19. The van der Waals surface area contributed by atoms with Crippen LogP contribution in [0.1, 0.15) is 52.9 Å². The summed E-state index contributed by atoms with van der Waals surface area (Å²) in [5.74, 6) is -2.00. The molecule has 0 aromatic rings. The number of amides is 1. The molecule has 196 valence electrons. The predicted octanol–water partition coefficient (Wildman–Crippen LogP) is 4.16. The highest BCUT2D eigenvalue weighted by Gasteiger charge is 2.76. The van der Waals surface area contributed by atoms with Crippen LogP contribution in [0, 0.1) is 22.7 Å². The topological polar surface area (TPSA) is 101 Å². The molecule has 7 atom stereocenters. The van der Waals surface area contributed by atoms with Crippen molar-refractivity contribution in [2.45, 2.75) is 70.2 Å². The molecule has 4 aliphatic rings. The molecule has 4 rings (SSSR count). The van der Waals surface area contributed by atoms with Gasteiger partial charge >= 0.3 is 5.97 Å². The molecule has 0 bridgehead atoms. The summed E-state index contributed by atoms with van der Waals surface area (Å²) in [6.07, 6.45) is 3.74. The Hall–Kier alpha value is -2.26. The van der Waals surface area contributed by atoms with E-state index in [0.717, 1.165) is 0 Å². The average Bonchev–Trinajstić information content (AvgIpc) is 3.02. The molecule has 0 aliphatic heterocycles. The first-order valence-electron chi connectivity index (χ1n) is 12.3. The lowest BCUT2D eigenvalue weighted by Crippen LogP contribution is -2.69. The van der Waals surface area contributed by atoms with Gasteiger partial charge in [0.25, 0.3) is 5.24 Å². The number of alkyl halides is 1. The number of fused-ring (bicyclic) bond motifs is 5. The number of ether oxygens (including phenoxy) is 1. The Balaban J connectivity index is 1.84. The van der Waals surface area contributed by atoms with Gasteiger partial charge in [0.1, 0.15) is 0 Å². The van der Waals surface area contributed by atoms with E-state index in [0.29, 0.717) is 35.7 Å². The van der Waals surface area contributed by atoms with Crippen LogP contribution in [0.4, 0.5) is 9.18 Å². The van der Waals surface area contributed by atoms with E-state index >= 15 is 4.39 Å². The van der Waals surface area contributed by atoms with Crippen molar-refractivity contribution in [3.8, 4) is 0 Å². The van der Waals surface area contributed by atoms with Gasteiger partial charge in [-0.25, -0.2) is 4.39 Å². The molecule has 1 amide bonds. The second-order valence-electron chi connectivity index (χ2n) is 11.1. The van der Waals surface area contributed by atoms with E-state index in [1.807, 2.05) is 0 Å². The summed E-state index contributed by atoms with van der Waals surface area (Å²) >= 11 is 0.439. The van der Waals surface area contributed by atoms with Crippen molar-refractivity contribution in [3.05, 3.63) is 36.0 Å². The van der Waals surface area contributed by atoms with Gasteiger partial charge in [-0.3, -0.25) is 19.2 Å². The molecule has 0 aromatic heterocycles. The molecule has 4 aliphatic carbocycles. The molecular weight excluding hydrogens is 485 g/mol. The van der Waals surface area contributed by atoms with E-state index in [1.165, 1.54) is 31.1 Å². The maximum Gasteiger partial charge on any atom is 0.306 e. The number of rotatable bonds is 3. The van der Waals surface area contributed by atoms with Crippen molar-refractivity contribution in [2.75, 3.05) is 14.1 Å². The summed E-state index contributed by atoms with van der Waals surface area (Å²) in [5.41, 5.74) is -5.37. The zero-order chi connectivity index (χ0) is 26.8. The summed E-state index contributed by atoms with van der Waals surface area (Å²) in [6.45, 7) is 9.18. The molecule has 0 aromatic carbocycles. The Morgan fingerprint density at radius 2 is 1.94 bits per heavy atom. The summed E-state index contributed by atoms with van der Waals surface area (Å²) < 4.78 is 23.2. The third kappa shape index (κ3) is 3.34. The van der Waals surface area contributed by atoms with Gasteiger partial charge in [-0.15, -0.1) is 0 Å². The Morgan fingerprint density at radius 3 is 2.56 bits per heavy atom. The van der Waals surface area contributed by atoms with Gasteiger partial charge in [0.15, 0.2) is 11.5 Å². The highest BCUT2D eigenvalue weighted by molar-refractivity contribution is 8.26. The first-order chi connectivity index (χ1) is 16.7. The molecule has 7 nitrogen and oxygen atoms in total. The second kappa shape index (κ2) is 8.65. The van der Waals surface area contributed by atoms with Crippen LogP contribution < -0.4 is 0 Å². The number of ketones is 1. The van der Waals surface area contributed by atoms with Crippen LogP contribution in [-0.4, -0.2) is 63.6 Å². The summed E-state index contributed by atoms with van der Waals surface area (Å²) in [5, 5.41) is 10.3. The molecular formula is C27H34FNO6S. The highest BCUT2D eigenvalue weighted by Crippen LogP contribution is 2.71. The van der Waals surface area contributed by atoms with E-state index in [4.69, 9.17) is 4.74 Å². The van der Waals surface area contributed by atoms with Gasteiger partial charge in [-0.2, -0.15) is 0 Å². The molecule has 0 heterocycles. The van der Waals surface area contributed by atoms with Gasteiger partial charge in [0.05, 0.1) is 6.10 Å². The highest BCUT2D eigenvalue weighted by atomic mass is 32.2. The smallest absolute Gasteiger partial charge is 0.306 e. The number of nitrogens with zero attached hydrogens (tertiary/aromatic N) is 1. The lowest BCUT2D eigenvalue weighted by atomic mass is 9.45. The van der Waals surface area contributed by atoms with Crippen LogP contribution in [0.15, 0.2) is 36.0 Å². The first-order valence-corrected chi connectivity index (χ1v) is 13.2. The molecule has 0 unspecified atom stereocenters. The second-order valence-corrected chi connectivity index (χ2v) is 12.1. The van der Waals surface area contributed by atoms with Crippen molar-refractivity contribution in [3.63, 3.8) is 0 Å². The number of halogens is 1. The van der Waals surface area contributed by atoms with Gasteiger partial charge in [-0.1, -0.05) is 32.1 Å². The molecule has 0 spiro atoms. The first kappa shape index (κ1) is 26.8. The van der Waals surface area contributed by atoms with Crippen molar-refractivity contribution in [2.24, 2.45) is 22.7 Å². The fourth-order valence-corrected chi connectivity index (χ4v) is 8.15. The van der Waals surface area contributed by atoms with Gasteiger partial charge in [0.2, 0.25) is 10.7 Å². The number of esters is 1. The SMILES string of the molecule is C=C1C[C@H]2[C@@H]3CCC4=CC(=O)C=C[C@]4(C)[C@@]3(F)[C@@H](O)C[C@]2(C)[C@@]1(OC(=O)CC)C(=O)SC(=O)N(C)C. The molecule has 3 fully saturated rings. The molecule has 3 saturated carbocycles. The fourth-order valence-electron chi connectivity index (χ4n) is 7.25. The van der Waals surface area contributed by atoms with Crippen LogP contribution in [0.3, 0.4) is 0 Å². The van der Waals surface area contributed by atoms with E-state index in [-0.39, 0.29) is 25.0 Å². The third-order valence-corrected chi connectivity index (χ3v) is 10.2. The minimum atomic E-state index is -2.10. The van der Waals surface area contributed by atoms with E-state index in [1.54, 1.807) is 26.8 Å². The van der Waals surface area contributed by atoms with Crippen molar-refractivity contribution < 1.29 is 33.4 Å². The fraction of sp³-hybridized carbons (Fsp3) is 0.630. The van der Waals surface area contributed by atoms with Gasteiger partial charge in [0, 0.05) is 49.0 Å². The Morgan fingerprint density at radius 1 is 1.28 bits per heavy atom. The molecule has 36 heavy (non-hydrogen) atoms.